The summed E-state index contributed by atoms with van der Waals surface area (Å²) in [6.45, 7) is 6.41. The van der Waals surface area contributed by atoms with Crippen molar-refractivity contribution in [3.05, 3.63) is 85.1 Å². The quantitative estimate of drug-likeness (QED) is 0.0263. The molecule has 0 aliphatic carbocycles. The van der Waals surface area contributed by atoms with Gasteiger partial charge in [0.25, 0.3) is 0 Å². The van der Waals surface area contributed by atoms with Crippen molar-refractivity contribution in [1.29, 1.82) is 0 Å². The van der Waals surface area contributed by atoms with Crippen molar-refractivity contribution in [2.24, 2.45) is 0 Å². The van der Waals surface area contributed by atoms with E-state index in [2.05, 4.69) is 57.2 Å². The van der Waals surface area contributed by atoms with Crippen molar-refractivity contribution in [2.75, 3.05) is 13.2 Å². The molecule has 0 aliphatic rings. The van der Waals surface area contributed by atoms with Gasteiger partial charge < -0.3 is 14.2 Å². The molecule has 354 valence electrons. The topological polar surface area (TPSA) is 78.9 Å². The predicted molar refractivity (Wildman–Crippen MR) is 265 cm³/mol. The maximum absolute atomic E-state index is 12.8. The number of unbranched alkanes of at least 4 members (excludes halogenated alkanes) is 25. The number of carbonyl (C=O) groups excluding carboxylic acids is 3. The minimum atomic E-state index is -0.797. The number of carbonyl (C=O) groups is 3. The van der Waals surface area contributed by atoms with Crippen molar-refractivity contribution in [3.63, 3.8) is 0 Å². The normalized spacial score (nSPS) is 12.8. The fourth-order valence-corrected chi connectivity index (χ4v) is 6.92. The van der Waals surface area contributed by atoms with E-state index >= 15 is 0 Å². The molecule has 6 heteroatoms. The van der Waals surface area contributed by atoms with E-state index in [1.54, 1.807) is 0 Å². The Balaban J connectivity index is 4.40. The Labute approximate surface area is 382 Å². The van der Waals surface area contributed by atoms with E-state index in [0.717, 1.165) is 64.2 Å². The van der Waals surface area contributed by atoms with E-state index in [0.29, 0.717) is 19.3 Å². The standard InChI is InChI=1S/C56H94O6/c1-4-7-10-13-16-19-22-24-26-27-28-29-31-32-34-37-40-43-46-49-55(58)61-52-53(51-60-54(57)48-45-42-39-36-21-18-15-12-9-6-3)62-56(59)50-47-44-41-38-35-33-30-25-23-20-17-14-11-8-5-2/h8,11,14,16-17,19-20,22-25,30,33,35,53H,4-7,9-10,12-13,15,18,21,26-29,31-32,34,36-52H2,1-3H3/b11-8-,17-14-,19-16-,23-20-,24-22-,30-25-,35-33-. The first-order valence-corrected chi connectivity index (χ1v) is 25.7. The Morgan fingerprint density at radius 2 is 0.629 bits per heavy atom. The van der Waals surface area contributed by atoms with Gasteiger partial charge in [-0.15, -0.1) is 0 Å². The van der Waals surface area contributed by atoms with E-state index in [1.807, 2.05) is 48.6 Å². The van der Waals surface area contributed by atoms with E-state index < -0.39 is 6.10 Å². The van der Waals surface area contributed by atoms with Crippen LogP contribution in [0.25, 0.3) is 0 Å². The monoisotopic (exact) mass is 863 g/mol. The van der Waals surface area contributed by atoms with Crippen LogP contribution in [0, 0.1) is 0 Å². The number of hydrogen-bond acceptors (Lipinski definition) is 6. The van der Waals surface area contributed by atoms with Gasteiger partial charge in [0, 0.05) is 19.3 Å². The van der Waals surface area contributed by atoms with Crippen LogP contribution in [0.2, 0.25) is 0 Å². The maximum atomic E-state index is 12.8. The van der Waals surface area contributed by atoms with Crippen molar-refractivity contribution in [2.45, 2.75) is 239 Å². The second-order valence-electron chi connectivity index (χ2n) is 16.9. The first-order chi connectivity index (χ1) is 30.5. The molecule has 0 radical (unpaired) electrons. The minimum absolute atomic E-state index is 0.0940. The Morgan fingerprint density at radius 1 is 0.339 bits per heavy atom. The molecule has 0 saturated carbocycles. The second kappa shape index (κ2) is 50.2. The molecule has 0 heterocycles. The Morgan fingerprint density at radius 3 is 1.05 bits per heavy atom. The predicted octanol–water partition coefficient (Wildman–Crippen LogP) is 16.8. The highest BCUT2D eigenvalue weighted by atomic mass is 16.6. The summed E-state index contributed by atoms with van der Waals surface area (Å²) in [7, 11) is 0. The molecule has 0 bridgehead atoms. The third-order valence-electron chi connectivity index (χ3n) is 10.8. The first-order valence-electron chi connectivity index (χ1n) is 25.7. The summed E-state index contributed by atoms with van der Waals surface area (Å²) in [5.74, 6) is -0.942. The molecule has 0 aromatic rings. The third-order valence-corrected chi connectivity index (χ3v) is 10.8. The zero-order valence-corrected chi connectivity index (χ0v) is 40.4. The summed E-state index contributed by atoms with van der Waals surface area (Å²) in [6, 6.07) is 0. The highest BCUT2D eigenvalue weighted by molar-refractivity contribution is 5.71. The fourth-order valence-electron chi connectivity index (χ4n) is 6.92. The van der Waals surface area contributed by atoms with Crippen LogP contribution in [0.1, 0.15) is 233 Å². The lowest BCUT2D eigenvalue weighted by Gasteiger charge is -2.18. The fraction of sp³-hybridized carbons (Fsp3) is 0.696. The summed E-state index contributed by atoms with van der Waals surface area (Å²) >= 11 is 0. The van der Waals surface area contributed by atoms with E-state index in [9.17, 15) is 14.4 Å². The maximum Gasteiger partial charge on any atom is 0.306 e. The molecule has 0 aliphatic heterocycles. The molecule has 0 aromatic heterocycles. The smallest absolute Gasteiger partial charge is 0.306 e. The van der Waals surface area contributed by atoms with Crippen molar-refractivity contribution >= 4 is 17.9 Å². The summed E-state index contributed by atoms with van der Waals surface area (Å²) in [6.07, 6.45) is 64.2. The second-order valence-corrected chi connectivity index (χ2v) is 16.9. The Hall–Kier alpha value is -3.41. The number of allylic oxidation sites excluding steroid dienone is 14. The van der Waals surface area contributed by atoms with Crippen molar-refractivity contribution < 1.29 is 28.6 Å². The SMILES string of the molecule is CC\C=C/C=C\C=C/C=C\C=C/CCCCCC(=O)OC(COC(=O)CCCCCCCCCCCC)COC(=O)CCCCCCCCCCCC/C=C\C=C/CCCCC. The summed E-state index contributed by atoms with van der Waals surface area (Å²) in [4.78, 5) is 37.9. The number of esters is 3. The molecule has 0 N–H and O–H groups in total. The third kappa shape index (κ3) is 47.6. The summed E-state index contributed by atoms with van der Waals surface area (Å²) in [5.41, 5.74) is 0. The molecular formula is C56H94O6. The molecule has 0 saturated heterocycles. The van der Waals surface area contributed by atoms with Crippen molar-refractivity contribution in [1.82, 2.24) is 0 Å². The van der Waals surface area contributed by atoms with E-state index in [1.165, 1.54) is 122 Å². The molecular weight excluding hydrogens is 769 g/mol. The average molecular weight is 863 g/mol. The molecule has 6 nitrogen and oxygen atoms in total. The average Bonchev–Trinajstić information content (AvgIpc) is 3.27. The van der Waals surface area contributed by atoms with Crippen molar-refractivity contribution in [3.8, 4) is 0 Å². The zero-order valence-electron chi connectivity index (χ0n) is 40.4. The molecule has 0 aromatic carbocycles. The lowest BCUT2D eigenvalue weighted by molar-refractivity contribution is -0.167. The van der Waals surface area contributed by atoms with Gasteiger partial charge in [-0.2, -0.15) is 0 Å². The van der Waals surface area contributed by atoms with E-state index in [4.69, 9.17) is 14.2 Å². The molecule has 62 heavy (non-hydrogen) atoms. The molecule has 0 amide bonds. The molecule has 0 spiro atoms. The van der Waals surface area contributed by atoms with Gasteiger partial charge in [0.15, 0.2) is 6.10 Å². The highest BCUT2D eigenvalue weighted by Gasteiger charge is 2.19. The lowest BCUT2D eigenvalue weighted by atomic mass is 10.1. The van der Waals surface area contributed by atoms with Crippen LogP contribution in [0.3, 0.4) is 0 Å². The molecule has 0 rings (SSSR count). The van der Waals surface area contributed by atoms with Gasteiger partial charge in [-0.3, -0.25) is 14.4 Å². The van der Waals surface area contributed by atoms with Crippen LogP contribution >= 0.6 is 0 Å². The lowest BCUT2D eigenvalue weighted by Crippen LogP contribution is -2.30. The van der Waals surface area contributed by atoms with Crippen LogP contribution in [0.4, 0.5) is 0 Å². The molecule has 1 atom stereocenters. The Kier molecular flexibility index (Phi) is 47.5. The largest absolute Gasteiger partial charge is 0.462 e. The zero-order chi connectivity index (χ0) is 45.1. The van der Waals surface area contributed by atoms with Crippen LogP contribution in [0.5, 0.6) is 0 Å². The molecule has 1 unspecified atom stereocenters. The van der Waals surface area contributed by atoms with Crippen LogP contribution < -0.4 is 0 Å². The van der Waals surface area contributed by atoms with Gasteiger partial charge in [0.2, 0.25) is 0 Å². The summed E-state index contributed by atoms with van der Waals surface area (Å²) in [5, 5.41) is 0. The minimum Gasteiger partial charge on any atom is -0.462 e. The van der Waals surface area contributed by atoms with Gasteiger partial charge in [-0.25, -0.2) is 0 Å². The summed E-state index contributed by atoms with van der Waals surface area (Å²) < 4.78 is 16.7. The molecule has 0 fully saturated rings. The first kappa shape index (κ1) is 58.6. The number of ether oxygens (including phenoxy) is 3. The van der Waals surface area contributed by atoms with Gasteiger partial charge >= 0.3 is 17.9 Å². The van der Waals surface area contributed by atoms with Crippen LogP contribution in [-0.4, -0.2) is 37.2 Å². The van der Waals surface area contributed by atoms with Gasteiger partial charge in [0.1, 0.15) is 13.2 Å². The van der Waals surface area contributed by atoms with Gasteiger partial charge in [0.05, 0.1) is 0 Å². The number of rotatable bonds is 45. The highest BCUT2D eigenvalue weighted by Crippen LogP contribution is 2.15. The van der Waals surface area contributed by atoms with Gasteiger partial charge in [-0.05, 0) is 64.2 Å². The van der Waals surface area contributed by atoms with Gasteiger partial charge in [-0.1, -0.05) is 234 Å². The van der Waals surface area contributed by atoms with Crippen LogP contribution in [0.15, 0.2) is 85.1 Å². The van der Waals surface area contributed by atoms with Crippen LogP contribution in [-0.2, 0) is 28.6 Å². The van der Waals surface area contributed by atoms with E-state index in [-0.39, 0.29) is 37.5 Å². The Bertz CT molecular complexity index is 1220. The number of hydrogen-bond donors (Lipinski definition) is 0.